The second kappa shape index (κ2) is 3.82. The summed E-state index contributed by atoms with van der Waals surface area (Å²) in [4.78, 5) is 0. The molecule has 2 aliphatic heterocycles. The first-order valence-corrected chi connectivity index (χ1v) is 5.93. The number of aliphatic hydroxyl groups excluding tert-OH is 1. The molecular formula is C13H16FNO. The fourth-order valence-electron chi connectivity index (χ4n) is 3.08. The van der Waals surface area contributed by atoms with E-state index in [1.54, 1.807) is 12.1 Å². The van der Waals surface area contributed by atoms with Crippen LogP contribution in [-0.4, -0.2) is 23.3 Å². The van der Waals surface area contributed by atoms with Gasteiger partial charge in [0, 0.05) is 18.0 Å². The highest BCUT2D eigenvalue weighted by Crippen LogP contribution is 2.37. The Labute approximate surface area is 94.5 Å². The molecule has 2 heterocycles. The molecule has 4 unspecified atom stereocenters. The quantitative estimate of drug-likeness (QED) is 0.758. The molecule has 1 aromatic carbocycles. The molecule has 3 heteroatoms. The third-order valence-electron chi connectivity index (χ3n) is 3.94. The summed E-state index contributed by atoms with van der Waals surface area (Å²) in [5, 5.41) is 13.6. The lowest BCUT2D eigenvalue weighted by molar-refractivity contribution is 0.0806. The van der Waals surface area contributed by atoms with Crippen LogP contribution in [0.2, 0.25) is 0 Å². The second-order valence-electron chi connectivity index (χ2n) is 4.93. The standard InChI is InChI=1S/C13H16FNO/c14-9-3-1-8(2-4-9)11-7-10-5-6-12(15-10)13(11)16/h1-4,10-13,15-16H,5-7H2. The second-order valence-corrected chi connectivity index (χ2v) is 4.93. The zero-order chi connectivity index (χ0) is 11.1. The van der Waals surface area contributed by atoms with Crippen LogP contribution in [0.4, 0.5) is 4.39 Å². The minimum absolute atomic E-state index is 0.166. The van der Waals surface area contributed by atoms with Crippen molar-refractivity contribution >= 4 is 0 Å². The molecule has 1 aromatic rings. The fourth-order valence-corrected chi connectivity index (χ4v) is 3.08. The molecule has 86 valence electrons. The molecule has 4 atom stereocenters. The molecule has 2 saturated heterocycles. The Bertz CT molecular complexity index is 378. The van der Waals surface area contributed by atoms with Crippen molar-refractivity contribution in [2.24, 2.45) is 0 Å². The average Bonchev–Trinajstić information content (AvgIpc) is 2.69. The lowest BCUT2D eigenvalue weighted by atomic mass is 9.84. The molecule has 2 N–H and O–H groups in total. The molecule has 2 aliphatic rings. The summed E-state index contributed by atoms with van der Waals surface area (Å²) in [6, 6.07) is 7.32. The van der Waals surface area contributed by atoms with Gasteiger partial charge in [-0.3, -0.25) is 0 Å². The van der Waals surface area contributed by atoms with Crippen LogP contribution >= 0.6 is 0 Å². The van der Waals surface area contributed by atoms with Gasteiger partial charge in [-0.15, -0.1) is 0 Å². The number of aliphatic hydroxyl groups is 1. The van der Waals surface area contributed by atoms with E-state index in [1.165, 1.54) is 12.1 Å². The predicted octanol–water partition coefficient (Wildman–Crippen LogP) is 1.79. The van der Waals surface area contributed by atoms with Gasteiger partial charge >= 0.3 is 0 Å². The van der Waals surface area contributed by atoms with Crippen molar-refractivity contribution in [2.45, 2.75) is 43.4 Å². The molecular weight excluding hydrogens is 205 g/mol. The van der Waals surface area contributed by atoms with Gasteiger partial charge < -0.3 is 10.4 Å². The maximum atomic E-state index is 12.8. The van der Waals surface area contributed by atoms with Crippen molar-refractivity contribution in [1.29, 1.82) is 0 Å². The van der Waals surface area contributed by atoms with Crippen LogP contribution in [0.3, 0.4) is 0 Å². The normalized spacial score (nSPS) is 37.6. The smallest absolute Gasteiger partial charge is 0.123 e. The molecule has 0 radical (unpaired) electrons. The fraction of sp³-hybridized carbons (Fsp3) is 0.538. The van der Waals surface area contributed by atoms with E-state index in [0.717, 1.165) is 24.8 Å². The van der Waals surface area contributed by atoms with Crippen molar-refractivity contribution in [3.8, 4) is 0 Å². The van der Waals surface area contributed by atoms with E-state index in [1.807, 2.05) is 0 Å². The van der Waals surface area contributed by atoms with Crippen molar-refractivity contribution in [1.82, 2.24) is 5.32 Å². The third-order valence-corrected chi connectivity index (χ3v) is 3.94. The van der Waals surface area contributed by atoms with E-state index in [0.29, 0.717) is 6.04 Å². The number of hydrogen-bond acceptors (Lipinski definition) is 2. The van der Waals surface area contributed by atoms with Crippen LogP contribution in [-0.2, 0) is 0 Å². The molecule has 0 aliphatic carbocycles. The Hall–Kier alpha value is -0.930. The SMILES string of the molecule is OC1C2CCC(CC1c1ccc(F)cc1)N2. The zero-order valence-electron chi connectivity index (χ0n) is 9.07. The molecule has 2 nitrogen and oxygen atoms in total. The first-order valence-electron chi connectivity index (χ1n) is 5.93. The number of rotatable bonds is 1. The molecule has 2 fully saturated rings. The van der Waals surface area contributed by atoms with Gasteiger partial charge in [0.15, 0.2) is 0 Å². The van der Waals surface area contributed by atoms with Crippen molar-refractivity contribution in [3.63, 3.8) is 0 Å². The highest BCUT2D eigenvalue weighted by molar-refractivity contribution is 5.24. The maximum absolute atomic E-state index is 12.8. The Balaban J connectivity index is 1.86. The minimum atomic E-state index is -0.329. The van der Waals surface area contributed by atoms with E-state index in [2.05, 4.69) is 5.32 Å². The van der Waals surface area contributed by atoms with Crippen LogP contribution in [0.15, 0.2) is 24.3 Å². The van der Waals surface area contributed by atoms with Crippen LogP contribution in [0.1, 0.15) is 30.7 Å². The number of hydrogen-bond donors (Lipinski definition) is 2. The number of benzene rings is 1. The van der Waals surface area contributed by atoms with Gasteiger partial charge in [-0.1, -0.05) is 12.1 Å². The molecule has 0 spiro atoms. The summed E-state index contributed by atoms with van der Waals surface area (Å²) in [5.41, 5.74) is 1.06. The molecule has 16 heavy (non-hydrogen) atoms. The van der Waals surface area contributed by atoms with Crippen LogP contribution in [0.25, 0.3) is 0 Å². The van der Waals surface area contributed by atoms with Crippen LogP contribution in [0, 0.1) is 5.82 Å². The monoisotopic (exact) mass is 221 g/mol. The molecule has 2 bridgehead atoms. The van der Waals surface area contributed by atoms with Crippen molar-refractivity contribution in [2.75, 3.05) is 0 Å². The highest BCUT2D eigenvalue weighted by atomic mass is 19.1. The Morgan fingerprint density at radius 3 is 2.69 bits per heavy atom. The number of fused-ring (bicyclic) bond motifs is 2. The van der Waals surface area contributed by atoms with Gasteiger partial charge in [0.25, 0.3) is 0 Å². The topological polar surface area (TPSA) is 32.3 Å². The highest BCUT2D eigenvalue weighted by Gasteiger charge is 2.40. The van der Waals surface area contributed by atoms with E-state index >= 15 is 0 Å². The molecule has 0 amide bonds. The average molecular weight is 221 g/mol. The Morgan fingerprint density at radius 1 is 1.19 bits per heavy atom. The number of halogens is 1. The van der Waals surface area contributed by atoms with E-state index in [9.17, 15) is 9.50 Å². The van der Waals surface area contributed by atoms with Gasteiger partial charge in [-0.05, 0) is 37.0 Å². The summed E-state index contributed by atoms with van der Waals surface area (Å²) in [5.74, 6) is -0.0468. The molecule has 0 aromatic heterocycles. The summed E-state index contributed by atoms with van der Waals surface area (Å²) < 4.78 is 12.8. The lowest BCUT2D eigenvalue weighted by Gasteiger charge is -2.34. The lowest BCUT2D eigenvalue weighted by Crippen LogP contribution is -2.47. The molecule has 3 rings (SSSR count). The van der Waals surface area contributed by atoms with Gasteiger partial charge in [-0.25, -0.2) is 4.39 Å². The summed E-state index contributed by atoms with van der Waals surface area (Å²) >= 11 is 0. The van der Waals surface area contributed by atoms with E-state index in [4.69, 9.17) is 0 Å². The largest absolute Gasteiger partial charge is 0.391 e. The maximum Gasteiger partial charge on any atom is 0.123 e. The van der Waals surface area contributed by atoms with E-state index in [-0.39, 0.29) is 23.9 Å². The first kappa shape index (κ1) is 10.2. The number of nitrogens with one attached hydrogen (secondary N) is 1. The summed E-state index contributed by atoms with van der Waals surface area (Å²) in [6.07, 6.45) is 2.84. The van der Waals surface area contributed by atoms with Crippen LogP contribution in [0.5, 0.6) is 0 Å². The minimum Gasteiger partial charge on any atom is -0.391 e. The zero-order valence-corrected chi connectivity index (χ0v) is 9.07. The Kier molecular flexibility index (Phi) is 2.45. The van der Waals surface area contributed by atoms with Gasteiger partial charge in [-0.2, -0.15) is 0 Å². The predicted molar refractivity (Wildman–Crippen MR) is 59.7 cm³/mol. The molecule has 0 saturated carbocycles. The van der Waals surface area contributed by atoms with Gasteiger partial charge in [0.2, 0.25) is 0 Å². The Morgan fingerprint density at radius 2 is 1.94 bits per heavy atom. The van der Waals surface area contributed by atoms with Crippen molar-refractivity contribution in [3.05, 3.63) is 35.6 Å². The summed E-state index contributed by atoms with van der Waals surface area (Å²) in [6.45, 7) is 0. The third kappa shape index (κ3) is 1.64. The van der Waals surface area contributed by atoms with Gasteiger partial charge in [0.1, 0.15) is 5.82 Å². The van der Waals surface area contributed by atoms with Gasteiger partial charge in [0.05, 0.1) is 6.10 Å². The first-order chi connectivity index (χ1) is 7.74. The summed E-state index contributed by atoms with van der Waals surface area (Å²) in [7, 11) is 0. The van der Waals surface area contributed by atoms with E-state index < -0.39 is 0 Å². The van der Waals surface area contributed by atoms with Crippen LogP contribution < -0.4 is 5.32 Å². The van der Waals surface area contributed by atoms with Crippen molar-refractivity contribution < 1.29 is 9.50 Å². The number of piperidine rings is 1.